The van der Waals surface area contributed by atoms with E-state index in [1.54, 1.807) is 0 Å². The van der Waals surface area contributed by atoms with Gasteiger partial charge in [0.1, 0.15) is 0 Å². The Bertz CT molecular complexity index is 2390. The van der Waals surface area contributed by atoms with E-state index in [0.717, 1.165) is 0 Å². The van der Waals surface area contributed by atoms with Gasteiger partial charge in [-0.1, -0.05) is 149 Å². The first-order chi connectivity index (χ1) is 22.3. The van der Waals surface area contributed by atoms with Crippen molar-refractivity contribution in [1.29, 1.82) is 0 Å². The molecule has 0 heterocycles. The van der Waals surface area contributed by atoms with Crippen LogP contribution in [0.1, 0.15) is 49.9 Å². The minimum absolute atomic E-state index is 0.0214. The van der Waals surface area contributed by atoms with Crippen LogP contribution in [0.25, 0.3) is 76.8 Å². The molecule has 0 radical (unpaired) electrons. The lowest BCUT2D eigenvalue weighted by molar-refractivity contribution is 0.660. The minimum Gasteiger partial charge on any atom is -0.0619 e. The van der Waals surface area contributed by atoms with Crippen molar-refractivity contribution >= 4 is 32.3 Å². The van der Waals surface area contributed by atoms with Crippen LogP contribution in [0.3, 0.4) is 0 Å². The first-order valence-electron chi connectivity index (χ1n) is 16.5. The molecule has 0 aliphatic heterocycles. The summed E-state index contributed by atoms with van der Waals surface area (Å²) in [4.78, 5) is 0. The van der Waals surface area contributed by atoms with Gasteiger partial charge >= 0.3 is 0 Å². The van der Waals surface area contributed by atoms with Gasteiger partial charge in [0.2, 0.25) is 0 Å². The molecule has 0 saturated heterocycles. The fourth-order valence-electron chi connectivity index (χ4n) is 9.05. The zero-order valence-electron chi connectivity index (χ0n) is 26.7. The van der Waals surface area contributed by atoms with E-state index in [4.69, 9.17) is 0 Å². The number of hydrogen-bond donors (Lipinski definition) is 0. The molecular weight excluding hydrogens is 553 g/mol. The van der Waals surface area contributed by atoms with Crippen molar-refractivity contribution in [2.24, 2.45) is 0 Å². The third-order valence-electron chi connectivity index (χ3n) is 11.5. The summed E-state index contributed by atoms with van der Waals surface area (Å²) in [5.41, 5.74) is 16.3. The van der Waals surface area contributed by atoms with Crippen molar-refractivity contribution in [1.82, 2.24) is 0 Å². The van der Waals surface area contributed by atoms with Crippen molar-refractivity contribution in [3.05, 3.63) is 156 Å². The average molecular weight is 587 g/mol. The summed E-state index contributed by atoms with van der Waals surface area (Å²) in [6.07, 6.45) is 0. The molecule has 0 heteroatoms. The first-order valence-corrected chi connectivity index (χ1v) is 16.5. The molecule has 0 atom stereocenters. The van der Waals surface area contributed by atoms with E-state index in [-0.39, 0.29) is 10.8 Å². The number of hydrogen-bond acceptors (Lipinski definition) is 0. The zero-order valence-corrected chi connectivity index (χ0v) is 26.7. The normalized spacial score (nSPS) is 15.3. The summed E-state index contributed by atoms with van der Waals surface area (Å²) in [7, 11) is 0. The maximum Gasteiger partial charge on any atom is 0.0159 e. The third-order valence-corrected chi connectivity index (χ3v) is 11.5. The van der Waals surface area contributed by atoms with Crippen molar-refractivity contribution < 1.29 is 0 Å². The Labute approximate surface area is 270 Å². The van der Waals surface area contributed by atoms with Crippen LogP contribution in [0.4, 0.5) is 0 Å². The number of fused-ring (bicyclic) bond motifs is 6. The SMILES string of the molecule is CC1(C)c2ccccc2-c2ccc(-c3ccc4ccc5c(-c6ccc7c(c6)C(C)(C)c6ccccc6-7)ccc6ccc3c4c65)cc21. The van der Waals surface area contributed by atoms with Gasteiger partial charge in [-0.3, -0.25) is 0 Å². The van der Waals surface area contributed by atoms with Crippen molar-refractivity contribution in [3.63, 3.8) is 0 Å². The van der Waals surface area contributed by atoms with Crippen LogP contribution < -0.4 is 0 Å². The van der Waals surface area contributed by atoms with Gasteiger partial charge < -0.3 is 0 Å². The first kappa shape index (κ1) is 26.1. The maximum absolute atomic E-state index is 2.46. The van der Waals surface area contributed by atoms with Crippen LogP contribution in [0, 0.1) is 0 Å². The minimum atomic E-state index is -0.0214. The standard InChI is InChI=1S/C46H34/c1-45(2)39-11-7-5-9-33(39)35-21-17-29(25-41(35)45)31-19-13-27-16-24-38-32(20-14-28-15-23-37(31)43(27)44(28)38)30-18-22-36-34-10-6-8-12-40(34)46(3,4)42(36)26-30/h5-26H,1-4H3. The number of rotatable bonds is 2. The Hall–Kier alpha value is -5.20. The molecule has 0 aromatic heterocycles. The predicted molar refractivity (Wildman–Crippen MR) is 196 cm³/mol. The highest BCUT2D eigenvalue weighted by atomic mass is 14.4. The maximum atomic E-state index is 2.46. The van der Waals surface area contributed by atoms with Crippen LogP contribution in [-0.4, -0.2) is 0 Å². The summed E-state index contributed by atoms with van der Waals surface area (Å²) in [5, 5.41) is 7.98. The van der Waals surface area contributed by atoms with Gasteiger partial charge in [-0.2, -0.15) is 0 Å². The fourth-order valence-corrected chi connectivity index (χ4v) is 9.05. The van der Waals surface area contributed by atoms with Crippen LogP contribution in [-0.2, 0) is 10.8 Å². The Balaban J connectivity index is 1.17. The van der Waals surface area contributed by atoms with Crippen LogP contribution in [0.2, 0.25) is 0 Å². The molecule has 8 aromatic rings. The molecule has 0 spiro atoms. The van der Waals surface area contributed by atoms with E-state index >= 15 is 0 Å². The highest BCUT2D eigenvalue weighted by Gasteiger charge is 2.36. The van der Waals surface area contributed by atoms with Gasteiger partial charge in [-0.05, 0) is 111 Å². The molecule has 0 saturated carbocycles. The Morgan fingerprint density at radius 2 is 0.696 bits per heavy atom. The molecule has 0 fully saturated rings. The molecule has 0 N–H and O–H groups in total. The largest absolute Gasteiger partial charge is 0.0619 e. The summed E-state index contributed by atoms with van der Waals surface area (Å²) >= 11 is 0. The summed E-state index contributed by atoms with van der Waals surface area (Å²) in [6, 6.07) is 50.7. The molecule has 8 aromatic carbocycles. The van der Waals surface area contributed by atoms with Crippen LogP contribution in [0.5, 0.6) is 0 Å². The van der Waals surface area contributed by atoms with Gasteiger partial charge in [0.15, 0.2) is 0 Å². The van der Waals surface area contributed by atoms with Gasteiger partial charge in [0, 0.05) is 10.8 Å². The lowest BCUT2D eigenvalue weighted by atomic mass is 9.80. The molecular formula is C46H34. The second kappa shape index (κ2) is 8.74. The quantitative estimate of drug-likeness (QED) is 0.177. The van der Waals surface area contributed by atoms with E-state index < -0.39 is 0 Å². The van der Waals surface area contributed by atoms with Crippen molar-refractivity contribution in [2.45, 2.75) is 38.5 Å². The van der Waals surface area contributed by atoms with Gasteiger partial charge in [-0.15, -0.1) is 0 Å². The molecule has 0 bridgehead atoms. The zero-order chi connectivity index (χ0) is 30.9. The fraction of sp³-hybridized carbons (Fsp3) is 0.130. The molecule has 46 heavy (non-hydrogen) atoms. The monoisotopic (exact) mass is 586 g/mol. The third kappa shape index (κ3) is 3.24. The van der Waals surface area contributed by atoms with Gasteiger partial charge in [-0.25, -0.2) is 0 Å². The van der Waals surface area contributed by atoms with Crippen molar-refractivity contribution in [2.75, 3.05) is 0 Å². The molecule has 0 unspecified atom stereocenters. The Morgan fingerprint density at radius 1 is 0.326 bits per heavy atom. The van der Waals surface area contributed by atoms with E-state index in [9.17, 15) is 0 Å². The molecule has 218 valence electrons. The molecule has 2 aliphatic carbocycles. The Morgan fingerprint density at radius 3 is 1.15 bits per heavy atom. The van der Waals surface area contributed by atoms with E-state index in [0.29, 0.717) is 0 Å². The predicted octanol–water partition coefficient (Wildman–Crippen LogP) is 12.5. The van der Waals surface area contributed by atoms with Gasteiger partial charge in [0.25, 0.3) is 0 Å². The summed E-state index contributed by atoms with van der Waals surface area (Å²) in [5.74, 6) is 0. The topological polar surface area (TPSA) is 0 Å². The summed E-state index contributed by atoms with van der Waals surface area (Å²) < 4.78 is 0. The lowest BCUT2D eigenvalue weighted by Gasteiger charge is -2.23. The number of benzene rings is 8. The van der Waals surface area contributed by atoms with E-state index in [1.807, 2.05) is 0 Å². The van der Waals surface area contributed by atoms with Gasteiger partial charge in [0.05, 0.1) is 0 Å². The second-order valence-electron chi connectivity index (χ2n) is 14.5. The molecule has 0 amide bonds. The second-order valence-corrected chi connectivity index (χ2v) is 14.5. The van der Waals surface area contributed by atoms with Crippen LogP contribution in [0.15, 0.2) is 133 Å². The van der Waals surface area contributed by atoms with Crippen LogP contribution >= 0.6 is 0 Å². The molecule has 2 aliphatic rings. The highest BCUT2D eigenvalue weighted by Crippen LogP contribution is 2.52. The van der Waals surface area contributed by atoms with E-state index in [2.05, 4.69) is 161 Å². The summed E-state index contributed by atoms with van der Waals surface area (Å²) in [6.45, 7) is 9.47. The lowest BCUT2D eigenvalue weighted by Crippen LogP contribution is -2.14. The Kier molecular flexibility index (Phi) is 4.95. The van der Waals surface area contributed by atoms with Crippen molar-refractivity contribution in [3.8, 4) is 44.5 Å². The molecule has 10 rings (SSSR count). The smallest absolute Gasteiger partial charge is 0.0159 e. The van der Waals surface area contributed by atoms with E-state index in [1.165, 1.54) is 99.1 Å². The average Bonchev–Trinajstić information content (AvgIpc) is 3.46. The molecule has 0 nitrogen and oxygen atoms in total. The highest BCUT2D eigenvalue weighted by molar-refractivity contribution is 6.27.